The van der Waals surface area contributed by atoms with Gasteiger partial charge in [0.15, 0.2) is 0 Å². The Hall–Kier alpha value is -2.23. The molecule has 1 amide bonds. The maximum Gasteiger partial charge on any atom is 0.259 e. The lowest BCUT2D eigenvalue weighted by molar-refractivity contribution is 0.0989. The van der Waals surface area contributed by atoms with E-state index in [2.05, 4.69) is 31.9 Å². The van der Waals surface area contributed by atoms with E-state index >= 15 is 0 Å². The number of fused-ring (bicyclic) bond motifs is 2. The minimum atomic E-state index is -0.0992. The van der Waals surface area contributed by atoms with Crippen LogP contribution in [0.25, 0.3) is 10.9 Å². The van der Waals surface area contributed by atoms with E-state index in [-0.39, 0.29) is 11.5 Å². The topological polar surface area (TPSA) is 66.4 Å². The van der Waals surface area contributed by atoms with Crippen molar-refractivity contribution in [2.45, 2.75) is 58.2 Å². The fraction of sp³-hybridized carbons (Fsp3) is 0.429. The van der Waals surface area contributed by atoms with Crippen molar-refractivity contribution in [1.29, 1.82) is 0 Å². The van der Waals surface area contributed by atoms with Gasteiger partial charge in [-0.2, -0.15) is 0 Å². The quantitative estimate of drug-likeness (QED) is 0.306. The number of halogens is 1. The van der Waals surface area contributed by atoms with Crippen LogP contribution in [0.2, 0.25) is 0 Å². The van der Waals surface area contributed by atoms with Crippen LogP contribution in [0.3, 0.4) is 0 Å². The van der Waals surface area contributed by atoms with E-state index in [0.717, 1.165) is 55.7 Å². The van der Waals surface area contributed by atoms with E-state index in [1.165, 1.54) is 42.2 Å². The molecule has 0 spiro atoms. The van der Waals surface area contributed by atoms with Crippen molar-refractivity contribution in [2.75, 3.05) is 19.6 Å². The van der Waals surface area contributed by atoms with Gasteiger partial charge in [-0.1, -0.05) is 18.6 Å². The summed E-state index contributed by atoms with van der Waals surface area (Å²) in [4.78, 5) is 27.9. The fourth-order valence-corrected chi connectivity index (χ4v) is 5.77. The number of benzene rings is 2. The molecule has 1 aromatic heterocycles. The smallest absolute Gasteiger partial charge is 0.259 e. The molecule has 2 aromatic carbocycles. The average Bonchev–Trinajstić information content (AvgIpc) is 3.35. The highest BCUT2D eigenvalue weighted by atomic mass is 127. The van der Waals surface area contributed by atoms with Gasteiger partial charge in [0.2, 0.25) is 0 Å². The summed E-state index contributed by atoms with van der Waals surface area (Å²) in [5.41, 5.74) is 6.59. The van der Waals surface area contributed by atoms with Crippen molar-refractivity contribution in [3.63, 3.8) is 0 Å². The third kappa shape index (κ3) is 5.62. The van der Waals surface area contributed by atoms with E-state index in [1.807, 2.05) is 51.7 Å². The minimum absolute atomic E-state index is 0.0992. The van der Waals surface area contributed by atoms with Crippen molar-refractivity contribution >= 4 is 39.7 Å². The molecule has 7 heteroatoms. The zero-order valence-electron chi connectivity index (χ0n) is 20.1. The third-order valence-corrected chi connectivity index (χ3v) is 7.91. The monoisotopic (exact) mass is 584 g/mol. The van der Waals surface area contributed by atoms with E-state index < -0.39 is 0 Å². The molecule has 6 nitrogen and oxygen atoms in total. The van der Waals surface area contributed by atoms with Crippen LogP contribution in [0.15, 0.2) is 47.3 Å². The SMILES string of the molecule is O=C(NI)c1ccc(CNCc2cc3cc4c(cc3n(CCN3CCCCC3)c2=O)CCC4)cc1. The van der Waals surface area contributed by atoms with Gasteiger partial charge in [0.25, 0.3) is 11.5 Å². The Morgan fingerprint density at radius 1 is 0.886 bits per heavy atom. The average molecular weight is 585 g/mol. The van der Waals surface area contributed by atoms with E-state index in [0.29, 0.717) is 18.7 Å². The van der Waals surface area contributed by atoms with Crippen molar-refractivity contribution in [3.8, 4) is 0 Å². The fourth-order valence-electron chi connectivity index (χ4n) is 5.45. The molecule has 0 radical (unpaired) electrons. The molecular formula is C28H33IN4O2. The highest BCUT2D eigenvalue weighted by Crippen LogP contribution is 2.27. The lowest BCUT2D eigenvalue weighted by Crippen LogP contribution is -2.36. The molecule has 2 aliphatic rings. The molecular weight excluding hydrogens is 551 g/mol. The molecule has 3 aromatic rings. The summed E-state index contributed by atoms with van der Waals surface area (Å²) < 4.78 is 4.64. The van der Waals surface area contributed by atoms with E-state index in [9.17, 15) is 9.59 Å². The number of nitrogens with zero attached hydrogens (tertiary/aromatic N) is 2. The minimum Gasteiger partial charge on any atom is -0.308 e. The molecule has 0 unspecified atom stereocenters. The number of likely N-dealkylation sites (tertiary alicyclic amines) is 1. The summed E-state index contributed by atoms with van der Waals surface area (Å²) in [7, 11) is 0. The number of piperidine rings is 1. The van der Waals surface area contributed by atoms with Crippen LogP contribution in [0.5, 0.6) is 0 Å². The van der Waals surface area contributed by atoms with Gasteiger partial charge in [0.1, 0.15) is 0 Å². The maximum atomic E-state index is 13.6. The normalized spacial score (nSPS) is 15.9. The predicted molar refractivity (Wildman–Crippen MR) is 149 cm³/mol. The van der Waals surface area contributed by atoms with Crippen LogP contribution in [-0.4, -0.2) is 35.0 Å². The van der Waals surface area contributed by atoms with E-state index in [1.54, 1.807) is 0 Å². The molecule has 1 saturated heterocycles. The Kier molecular flexibility index (Phi) is 7.84. The molecule has 0 saturated carbocycles. The van der Waals surface area contributed by atoms with Crippen LogP contribution in [0.1, 0.15) is 58.3 Å². The van der Waals surface area contributed by atoms with Crippen LogP contribution in [-0.2, 0) is 32.5 Å². The molecule has 0 atom stereocenters. The Morgan fingerprint density at radius 2 is 1.63 bits per heavy atom. The number of hydrogen-bond acceptors (Lipinski definition) is 4. The van der Waals surface area contributed by atoms with Gasteiger partial charge < -0.3 is 14.8 Å². The standard InChI is InChI=1S/C28H33IN4O2/c29-31-27(34)21-9-7-20(8-10-21)18-30-19-25-16-24-15-22-5-4-6-23(22)17-26(24)33(28(25)35)14-13-32-11-2-1-3-12-32/h7-10,15-17,30H,1-6,11-14,18-19H2,(H,31,34). The van der Waals surface area contributed by atoms with Crippen molar-refractivity contribution in [3.05, 3.63) is 80.6 Å². The molecule has 1 fully saturated rings. The predicted octanol–water partition coefficient (Wildman–Crippen LogP) is 4.35. The number of carbonyl (C=O) groups is 1. The van der Waals surface area contributed by atoms with Crippen LogP contribution in [0.4, 0.5) is 0 Å². The summed E-state index contributed by atoms with van der Waals surface area (Å²) in [6.45, 7) is 5.11. The zero-order valence-corrected chi connectivity index (χ0v) is 22.3. The maximum absolute atomic E-state index is 13.6. The number of rotatable bonds is 8. The molecule has 184 valence electrons. The number of hydrogen-bond donors (Lipinski definition) is 2. The van der Waals surface area contributed by atoms with Gasteiger partial charge in [-0.3, -0.25) is 13.1 Å². The van der Waals surface area contributed by atoms with Gasteiger partial charge in [0, 0.05) is 37.3 Å². The van der Waals surface area contributed by atoms with Gasteiger partial charge in [-0.05, 0) is 97.6 Å². The van der Waals surface area contributed by atoms with Gasteiger partial charge in [0.05, 0.1) is 28.4 Å². The second-order valence-corrected chi connectivity index (χ2v) is 10.3. The number of nitrogens with one attached hydrogen (secondary N) is 2. The Labute approximate surface area is 220 Å². The van der Waals surface area contributed by atoms with Gasteiger partial charge in [-0.15, -0.1) is 0 Å². The Balaban J connectivity index is 1.36. The number of amides is 1. The highest BCUT2D eigenvalue weighted by Gasteiger charge is 2.17. The first kappa shape index (κ1) is 24.5. The lowest BCUT2D eigenvalue weighted by atomic mass is 10.0. The third-order valence-electron chi connectivity index (χ3n) is 7.42. The molecule has 2 heterocycles. The summed E-state index contributed by atoms with van der Waals surface area (Å²) >= 11 is 1.85. The van der Waals surface area contributed by atoms with Crippen LogP contribution in [0, 0.1) is 0 Å². The molecule has 2 N–H and O–H groups in total. The first-order valence-electron chi connectivity index (χ1n) is 12.7. The van der Waals surface area contributed by atoms with Gasteiger partial charge >= 0.3 is 0 Å². The Morgan fingerprint density at radius 3 is 2.37 bits per heavy atom. The number of pyridine rings is 1. The number of aromatic nitrogens is 1. The first-order chi connectivity index (χ1) is 17.1. The molecule has 1 aliphatic carbocycles. The van der Waals surface area contributed by atoms with Gasteiger partial charge in [-0.25, -0.2) is 0 Å². The summed E-state index contributed by atoms with van der Waals surface area (Å²) in [5.74, 6) is -0.0992. The number of carbonyl (C=O) groups excluding carboxylic acids is 1. The summed E-state index contributed by atoms with van der Waals surface area (Å²) in [5, 5.41) is 4.62. The second-order valence-electron chi connectivity index (χ2n) is 9.79. The molecule has 5 rings (SSSR count). The highest BCUT2D eigenvalue weighted by molar-refractivity contribution is 14.1. The number of aryl methyl sites for hydroxylation is 2. The Bertz CT molecular complexity index is 1260. The van der Waals surface area contributed by atoms with Crippen molar-refractivity contribution < 1.29 is 4.79 Å². The van der Waals surface area contributed by atoms with Crippen LogP contribution < -0.4 is 14.4 Å². The van der Waals surface area contributed by atoms with Crippen molar-refractivity contribution in [2.24, 2.45) is 0 Å². The van der Waals surface area contributed by atoms with Crippen molar-refractivity contribution in [1.82, 2.24) is 18.3 Å². The summed E-state index contributed by atoms with van der Waals surface area (Å²) in [6.07, 6.45) is 7.30. The molecule has 35 heavy (non-hydrogen) atoms. The van der Waals surface area contributed by atoms with Crippen LogP contribution >= 0.6 is 22.9 Å². The summed E-state index contributed by atoms with van der Waals surface area (Å²) in [6, 6.07) is 14.2. The lowest BCUT2D eigenvalue weighted by Gasteiger charge is -2.27. The molecule has 0 bridgehead atoms. The molecule has 1 aliphatic heterocycles. The largest absolute Gasteiger partial charge is 0.308 e. The first-order valence-corrected chi connectivity index (χ1v) is 13.8. The zero-order chi connectivity index (χ0) is 24.2. The second kappa shape index (κ2) is 11.2. The van der Waals surface area contributed by atoms with E-state index in [4.69, 9.17) is 0 Å².